The summed E-state index contributed by atoms with van der Waals surface area (Å²) in [7, 11) is 0. The van der Waals surface area contributed by atoms with Crippen molar-refractivity contribution in [3.8, 4) is 0 Å². The van der Waals surface area contributed by atoms with Crippen molar-refractivity contribution >= 4 is 5.91 Å². The Balaban J connectivity index is 2.77. The second-order valence-corrected chi connectivity index (χ2v) is 5.17. The van der Waals surface area contributed by atoms with Crippen LogP contribution in [0.5, 0.6) is 0 Å². The summed E-state index contributed by atoms with van der Waals surface area (Å²) in [5.41, 5.74) is 5.44. The Morgan fingerprint density at radius 1 is 1.47 bits per heavy atom. The predicted octanol–water partition coefficient (Wildman–Crippen LogP) is 0.276. The van der Waals surface area contributed by atoms with E-state index in [4.69, 9.17) is 5.73 Å². The van der Waals surface area contributed by atoms with Gasteiger partial charge in [0, 0.05) is 25.7 Å². The molecule has 0 spiro atoms. The average molecular weight is 213 g/mol. The highest BCUT2D eigenvalue weighted by Gasteiger charge is 2.39. The standard InChI is InChI=1S/C11H23N3O/c1-9(2)14-10(15)7-13(6-5-12)8-11(14,3)4/h9H,5-8,12H2,1-4H3. The van der Waals surface area contributed by atoms with E-state index in [9.17, 15) is 4.79 Å². The molecular weight excluding hydrogens is 190 g/mol. The molecule has 0 radical (unpaired) electrons. The van der Waals surface area contributed by atoms with E-state index >= 15 is 0 Å². The molecule has 1 saturated heterocycles. The summed E-state index contributed by atoms with van der Waals surface area (Å²) in [6, 6.07) is 0.271. The number of rotatable bonds is 3. The summed E-state index contributed by atoms with van der Waals surface area (Å²) in [6.07, 6.45) is 0. The van der Waals surface area contributed by atoms with Crippen LogP contribution in [0, 0.1) is 0 Å². The minimum atomic E-state index is -0.0847. The van der Waals surface area contributed by atoms with Crippen LogP contribution in [-0.4, -0.2) is 53.5 Å². The Morgan fingerprint density at radius 2 is 2.07 bits per heavy atom. The molecule has 4 nitrogen and oxygen atoms in total. The SMILES string of the molecule is CC(C)N1C(=O)CN(CCN)CC1(C)C. The van der Waals surface area contributed by atoms with Gasteiger partial charge >= 0.3 is 0 Å². The summed E-state index contributed by atoms with van der Waals surface area (Å²) in [4.78, 5) is 16.1. The van der Waals surface area contributed by atoms with Gasteiger partial charge in [0.2, 0.25) is 5.91 Å². The molecule has 0 atom stereocenters. The Hall–Kier alpha value is -0.610. The van der Waals surface area contributed by atoms with Crippen LogP contribution in [0.2, 0.25) is 0 Å². The van der Waals surface area contributed by atoms with E-state index < -0.39 is 0 Å². The third-order valence-electron chi connectivity index (χ3n) is 2.85. The van der Waals surface area contributed by atoms with Crippen LogP contribution < -0.4 is 5.73 Å². The number of hydrogen-bond acceptors (Lipinski definition) is 3. The van der Waals surface area contributed by atoms with Crippen LogP contribution in [0.25, 0.3) is 0 Å². The van der Waals surface area contributed by atoms with Crippen LogP contribution in [0.3, 0.4) is 0 Å². The molecule has 4 heteroatoms. The minimum Gasteiger partial charge on any atom is -0.333 e. The smallest absolute Gasteiger partial charge is 0.237 e. The second kappa shape index (κ2) is 4.49. The van der Waals surface area contributed by atoms with Gasteiger partial charge in [0.1, 0.15) is 0 Å². The van der Waals surface area contributed by atoms with Crippen LogP contribution in [0.4, 0.5) is 0 Å². The molecule has 2 N–H and O–H groups in total. The normalized spacial score (nSPS) is 22.5. The van der Waals surface area contributed by atoms with Crippen molar-refractivity contribution in [2.45, 2.75) is 39.3 Å². The van der Waals surface area contributed by atoms with Crippen molar-refractivity contribution in [2.75, 3.05) is 26.2 Å². The fourth-order valence-corrected chi connectivity index (χ4v) is 2.61. The molecule has 0 unspecified atom stereocenters. The zero-order valence-corrected chi connectivity index (χ0v) is 10.3. The average Bonchev–Trinajstić information content (AvgIpc) is 1.99. The topological polar surface area (TPSA) is 49.6 Å². The van der Waals surface area contributed by atoms with Crippen molar-refractivity contribution in [3.63, 3.8) is 0 Å². The molecule has 0 aliphatic carbocycles. The zero-order valence-electron chi connectivity index (χ0n) is 10.3. The molecule has 1 rings (SSSR count). The van der Waals surface area contributed by atoms with Gasteiger partial charge in [0.15, 0.2) is 0 Å². The molecule has 1 aliphatic rings. The highest BCUT2D eigenvalue weighted by Crippen LogP contribution is 2.23. The highest BCUT2D eigenvalue weighted by atomic mass is 16.2. The molecule has 1 fully saturated rings. The van der Waals surface area contributed by atoms with E-state index in [1.165, 1.54) is 0 Å². The van der Waals surface area contributed by atoms with Crippen LogP contribution in [-0.2, 0) is 4.79 Å². The molecule has 88 valence electrons. The second-order valence-electron chi connectivity index (χ2n) is 5.17. The summed E-state index contributed by atoms with van der Waals surface area (Å²) >= 11 is 0. The first-order valence-corrected chi connectivity index (χ1v) is 5.63. The van der Waals surface area contributed by atoms with E-state index in [1.54, 1.807) is 0 Å². The quantitative estimate of drug-likeness (QED) is 0.732. The third-order valence-corrected chi connectivity index (χ3v) is 2.85. The van der Waals surface area contributed by atoms with Gasteiger partial charge in [-0.1, -0.05) is 0 Å². The van der Waals surface area contributed by atoms with Crippen LogP contribution in [0.1, 0.15) is 27.7 Å². The maximum absolute atomic E-state index is 12.0. The summed E-state index contributed by atoms with van der Waals surface area (Å²) in [5.74, 6) is 0.217. The highest BCUT2D eigenvalue weighted by molar-refractivity contribution is 5.80. The number of nitrogens with zero attached hydrogens (tertiary/aromatic N) is 2. The van der Waals surface area contributed by atoms with Gasteiger partial charge < -0.3 is 10.6 Å². The molecule has 0 aromatic heterocycles. The van der Waals surface area contributed by atoms with Crippen LogP contribution in [0.15, 0.2) is 0 Å². The maximum atomic E-state index is 12.0. The molecule has 0 aromatic carbocycles. The van der Waals surface area contributed by atoms with Crippen LogP contribution >= 0.6 is 0 Å². The summed E-state index contributed by atoms with van der Waals surface area (Å²) < 4.78 is 0. The monoisotopic (exact) mass is 213 g/mol. The largest absolute Gasteiger partial charge is 0.333 e. The molecule has 0 saturated carbocycles. The first-order chi connectivity index (χ1) is 6.88. The molecule has 0 aromatic rings. The third kappa shape index (κ3) is 2.69. The van der Waals surface area contributed by atoms with Crippen molar-refractivity contribution in [1.29, 1.82) is 0 Å². The predicted molar refractivity (Wildman–Crippen MR) is 61.6 cm³/mol. The number of carbonyl (C=O) groups is 1. The number of amides is 1. The minimum absolute atomic E-state index is 0.0847. The first-order valence-electron chi connectivity index (χ1n) is 5.63. The van der Waals surface area contributed by atoms with Gasteiger partial charge in [-0.25, -0.2) is 0 Å². The fourth-order valence-electron chi connectivity index (χ4n) is 2.61. The Bertz CT molecular complexity index is 238. The lowest BCUT2D eigenvalue weighted by molar-refractivity contribution is -0.147. The van der Waals surface area contributed by atoms with Gasteiger partial charge in [0.25, 0.3) is 0 Å². The van der Waals surface area contributed by atoms with Crippen molar-refractivity contribution in [3.05, 3.63) is 0 Å². The number of nitrogens with two attached hydrogens (primary N) is 1. The van der Waals surface area contributed by atoms with Gasteiger partial charge in [-0.05, 0) is 27.7 Å². The van der Waals surface area contributed by atoms with Gasteiger partial charge in [-0.2, -0.15) is 0 Å². The van der Waals surface area contributed by atoms with E-state index in [0.29, 0.717) is 13.1 Å². The van der Waals surface area contributed by atoms with Crippen molar-refractivity contribution in [2.24, 2.45) is 5.73 Å². The lowest BCUT2D eigenvalue weighted by atomic mass is 9.96. The van der Waals surface area contributed by atoms with Gasteiger partial charge in [-0.3, -0.25) is 9.69 Å². The van der Waals surface area contributed by atoms with Crippen molar-refractivity contribution in [1.82, 2.24) is 9.80 Å². The number of piperazine rings is 1. The van der Waals surface area contributed by atoms with E-state index in [-0.39, 0.29) is 17.5 Å². The number of hydrogen-bond donors (Lipinski definition) is 1. The Labute approximate surface area is 92.4 Å². The lowest BCUT2D eigenvalue weighted by Crippen LogP contribution is -2.64. The lowest BCUT2D eigenvalue weighted by Gasteiger charge is -2.48. The molecular formula is C11H23N3O. The molecule has 1 heterocycles. The summed E-state index contributed by atoms with van der Waals surface area (Å²) in [6.45, 7) is 11.2. The molecule has 15 heavy (non-hydrogen) atoms. The number of carbonyl (C=O) groups excluding carboxylic acids is 1. The van der Waals surface area contributed by atoms with Gasteiger partial charge in [0.05, 0.1) is 12.1 Å². The Morgan fingerprint density at radius 3 is 2.47 bits per heavy atom. The van der Waals surface area contributed by atoms with E-state index in [2.05, 4.69) is 32.6 Å². The van der Waals surface area contributed by atoms with Crippen molar-refractivity contribution < 1.29 is 4.79 Å². The fraction of sp³-hybridized carbons (Fsp3) is 0.909. The molecule has 0 bridgehead atoms. The summed E-state index contributed by atoms with van der Waals surface area (Å²) in [5, 5.41) is 0. The molecule has 1 amide bonds. The molecule has 1 aliphatic heterocycles. The zero-order chi connectivity index (χ0) is 11.6. The Kier molecular flexibility index (Phi) is 3.73. The van der Waals surface area contributed by atoms with Gasteiger partial charge in [-0.15, -0.1) is 0 Å². The van der Waals surface area contributed by atoms with E-state index in [0.717, 1.165) is 13.1 Å². The van der Waals surface area contributed by atoms with E-state index in [1.807, 2.05) is 4.90 Å². The maximum Gasteiger partial charge on any atom is 0.237 e. The first kappa shape index (κ1) is 12.5.